The Morgan fingerprint density at radius 1 is 0.556 bits per heavy atom. The molecule has 0 saturated carbocycles. The minimum atomic E-state index is -8.10. The number of hydrogen-bond donors (Lipinski definition) is 0. The first-order valence-corrected chi connectivity index (χ1v) is 19.2. The van der Waals surface area contributed by atoms with E-state index in [1.807, 2.05) is 41.5 Å². The molecule has 3 nitrogen and oxygen atoms in total. The number of alkyl halides is 13. The Kier molecular flexibility index (Phi) is 11.1. The summed E-state index contributed by atoms with van der Waals surface area (Å²) in [5.41, 5.74) is -1.70. The van der Waals surface area contributed by atoms with Gasteiger partial charge in [0.2, 0.25) is 5.78 Å². The average Bonchev–Trinajstić information content (AvgIpc) is 2.83. The van der Waals surface area contributed by atoms with Crippen molar-refractivity contribution in [1.82, 2.24) is 0 Å². The van der Waals surface area contributed by atoms with Gasteiger partial charge in [-0.2, -0.15) is 57.1 Å². The lowest BCUT2D eigenvalue weighted by Crippen LogP contribution is -2.71. The van der Waals surface area contributed by atoms with E-state index in [0.717, 1.165) is 0 Å². The van der Waals surface area contributed by atoms with Gasteiger partial charge in [0.25, 0.3) is 0 Å². The highest BCUT2D eigenvalue weighted by atomic mass is 28.4. The second kappa shape index (κ2) is 12.1. The van der Waals surface area contributed by atoms with Crippen LogP contribution >= 0.6 is 0 Å². The molecular weight excluding hydrogens is 675 g/mol. The molecule has 0 heterocycles. The van der Waals surface area contributed by atoms with Crippen molar-refractivity contribution >= 4 is 22.4 Å². The summed E-state index contributed by atoms with van der Waals surface area (Å²) in [5, 5.41) is -0.807. The van der Waals surface area contributed by atoms with E-state index >= 15 is 0 Å². The van der Waals surface area contributed by atoms with Crippen molar-refractivity contribution in [3.8, 4) is 0 Å². The Morgan fingerprint density at radius 3 is 1.16 bits per heavy atom. The maximum Gasteiger partial charge on any atom is 0.460 e. The minimum Gasteiger partial charge on any atom is -0.413 e. The van der Waals surface area contributed by atoms with E-state index < -0.39 is 87.1 Å². The second-order valence-electron chi connectivity index (χ2n) is 13.8. The zero-order valence-electron chi connectivity index (χ0n) is 26.3. The summed E-state index contributed by atoms with van der Waals surface area (Å²) in [4.78, 5) is 12.7. The fraction of sp³-hybridized carbons (Fsp3) is 0.741. The number of halogens is 13. The first kappa shape index (κ1) is 41.4. The molecule has 0 radical (unpaired) electrons. The lowest BCUT2D eigenvalue weighted by Gasteiger charge is -2.39. The number of rotatable bonds is 12. The van der Waals surface area contributed by atoms with E-state index in [1.54, 1.807) is 26.2 Å². The van der Waals surface area contributed by atoms with Gasteiger partial charge in [-0.1, -0.05) is 47.6 Å². The van der Waals surface area contributed by atoms with Crippen LogP contribution in [-0.4, -0.2) is 58.2 Å². The van der Waals surface area contributed by atoms with Crippen LogP contribution in [0, 0.1) is 0 Å². The minimum absolute atomic E-state index is 0.126. The third-order valence-electron chi connectivity index (χ3n) is 8.35. The Balaban J connectivity index is 3.76. The van der Waals surface area contributed by atoms with Gasteiger partial charge in [-0.15, -0.1) is 0 Å². The topological polar surface area (TPSA) is 35.5 Å². The van der Waals surface area contributed by atoms with E-state index in [4.69, 9.17) is 8.85 Å². The number of carbonyl (C=O) groups excluding carboxylic acids is 1. The first-order valence-electron chi connectivity index (χ1n) is 13.3. The van der Waals surface area contributed by atoms with Crippen LogP contribution in [0.2, 0.25) is 36.3 Å². The summed E-state index contributed by atoms with van der Waals surface area (Å²) in [7, 11) is -5.18. The summed E-state index contributed by atoms with van der Waals surface area (Å²) in [6.07, 6.45) is -7.55. The Hall–Kier alpha value is -1.67. The van der Waals surface area contributed by atoms with Gasteiger partial charge in [0, 0.05) is 5.56 Å². The van der Waals surface area contributed by atoms with Crippen LogP contribution in [0.15, 0.2) is 18.2 Å². The number of hydrogen-bond acceptors (Lipinski definition) is 3. The molecule has 0 spiro atoms. The Bertz CT molecular complexity index is 1180. The zero-order chi connectivity index (χ0) is 36.3. The van der Waals surface area contributed by atoms with E-state index in [-0.39, 0.29) is 11.1 Å². The third-order valence-corrected chi connectivity index (χ3v) is 17.3. The van der Waals surface area contributed by atoms with Crippen molar-refractivity contribution in [3.63, 3.8) is 0 Å². The molecule has 0 unspecified atom stereocenters. The summed E-state index contributed by atoms with van der Waals surface area (Å²) in [6, 6.07) is 2.33. The first-order chi connectivity index (χ1) is 19.4. The fourth-order valence-corrected chi connectivity index (χ4v) is 5.04. The van der Waals surface area contributed by atoms with Crippen LogP contribution < -0.4 is 0 Å². The summed E-state index contributed by atoms with van der Waals surface area (Å²) >= 11 is 0. The smallest absolute Gasteiger partial charge is 0.413 e. The van der Waals surface area contributed by atoms with Crippen LogP contribution in [-0.2, 0) is 22.1 Å². The van der Waals surface area contributed by atoms with Crippen LogP contribution in [0.4, 0.5) is 57.1 Å². The summed E-state index contributed by atoms with van der Waals surface area (Å²) in [5.74, 6) is -41.9. The van der Waals surface area contributed by atoms with Crippen molar-refractivity contribution in [2.45, 2.75) is 127 Å². The molecular formula is C27H37F13O3Si2. The van der Waals surface area contributed by atoms with Gasteiger partial charge >= 0.3 is 35.8 Å². The SMILES string of the molecule is CC(C)(C)[Si](C)(C)OCc1cc(CO[Si](C)(C)C(C)(C)C)cc(C(=O)C(F)(F)C(F)(F)C(F)(F)C(F)(F)C(F)(F)C(F)(F)F)c1. The normalized spacial score (nSPS) is 15.4. The molecule has 18 heteroatoms. The van der Waals surface area contributed by atoms with Gasteiger partial charge in [0.15, 0.2) is 16.6 Å². The molecule has 0 aliphatic rings. The number of ketones is 1. The molecule has 1 rings (SSSR count). The molecule has 0 N–H and O–H groups in total. The van der Waals surface area contributed by atoms with Gasteiger partial charge < -0.3 is 8.85 Å². The molecule has 0 saturated heterocycles. The number of carbonyl (C=O) groups is 1. The van der Waals surface area contributed by atoms with Crippen LogP contribution in [0.25, 0.3) is 0 Å². The van der Waals surface area contributed by atoms with Gasteiger partial charge in [-0.25, -0.2) is 0 Å². The van der Waals surface area contributed by atoms with E-state index in [2.05, 4.69) is 0 Å². The Labute approximate surface area is 255 Å². The predicted molar refractivity (Wildman–Crippen MR) is 146 cm³/mol. The summed E-state index contributed by atoms with van der Waals surface area (Å²) in [6.45, 7) is 17.3. The van der Waals surface area contributed by atoms with Crippen molar-refractivity contribution in [2.24, 2.45) is 0 Å². The van der Waals surface area contributed by atoms with Gasteiger partial charge in [-0.3, -0.25) is 4.79 Å². The molecule has 262 valence electrons. The van der Waals surface area contributed by atoms with Crippen LogP contribution in [0.3, 0.4) is 0 Å². The van der Waals surface area contributed by atoms with Crippen molar-refractivity contribution in [2.75, 3.05) is 0 Å². The van der Waals surface area contributed by atoms with Gasteiger partial charge in [-0.05, 0) is 59.5 Å². The van der Waals surface area contributed by atoms with E-state index in [9.17, 15) is 61.9 Å². The highest BCUT2D eigenvalue weighted by Crippen LogP contribution is 2.60. The fourth-order valence-electron chi connectivity index (χ4n) is 3.11. The molecule has 0 bridgehead atoms. The number of benzene rings is 1. The molecule has 1 aromatic carbocycles. The standard InChI is InChI=1S/C27H37F13O3Si2/c1-20(2,3)44(7,8)42-14-16-11-17(15-43-45(9,10)21(4,5)6)13-18(12-16)19(41)22(28,29)23(30,31)24(32,33)25(34,35)26(36,37)27(38,39)40/h11-13H,14-15H2,1-10H3. The predicted octanol–water partition coefficient (Wildman–Crippen LogP) is 10.7. The second-order valence-corrected chi connectivity index (χ2v) is 23.5. The highest BCUT2D eigenvalue weighted by Gasteiger charge is 2.91. The van der Waals surface area contributed by atoms with Gasteiger partial charge in [0.05, 0.1) is 13.2 Å². The zero-order valence-corrected chi connectivity index (χ0v) is 28.3. The summed E-state index contributed by atoms with van der Waals surface area (Å²) < 4.78 is 190. The molecule has 0 aromatic heterocycles. The van der Waals surface area contributed by atoms with Crippen molar-refractivity contribution in [3.05, 3.63) is 34.9 Å². The van der Waals surface area contributed by atoms with E-state index in [1.165, 1.54) is 6.07 Å². The molecule has 0 fully saturated rings. The molecule has 0 atom stereocenters. The van der Waals surface area contributed by atoms with E-state index in [0.29, 0.717) is 12.1 Å². The average molecular weight is 713 g/mol. The van der Waals surface area contributed by atoms with Crippen molar-refractivity contribution < 1.29 is 70.7 Å². The monoisotopic (exact) mass is 712 g/mol. The molecule has 1 aromatic rings. The maximum absolute atomic E-state index is 14.8. The molecule has 45 heavy (non-hydrogen) atoms. The van der Waals surface area contributed by atoms with Crippen molar-refractivity contribution in [1.29, 1.82) is 0 Å². The molecule has 0 aliphatic carbocycles. The third kappa shape index (κ3) is 7.58. The highest BCUT2D eigenvalue weighted by molar-refractivity contribution is 6.74. The number of Topliss-reactive ketones (excluding diaryl/α,β-unsaturated/α-hetero) is 1. The lowest BCUT2D eigenvalue weighted by atomic mass is 9.89. The lowest BCUT2D eigenvalue weighted by molar-refractivity contribution is -0.435. The maximum atomic E-state index is 14.8. The van der Waals surface area contributed by atoms with Gasteiger partial charge in [0.1, 0.15) is 0 Å². The largest absolute Gasteiger partial charge is 0.460 e. The Morgan fingerprint density at radius 2 is 0.867 bits per heavy atom. The quantitative estimate of drug-likeness (QED) is 0.123. The van der Waals surface area contributed by atoms with Crippen LogP contribution in [0.1, 0.15) is 63.0 Å². The molecule has 0 aliphatic heterocycles. The molecule has 0 amide bonds. The van der Waals surface area contributed by atoms with Crippen LogP contribution in [0.5, 0.6) is 0 Å².